The average molecular weight is 540 g/mol. The lowest BCUT2D eigenvalue weighted by Gasteiger charge is -2.37. The van der Waals surface area contributed by atoms with Crippen LogP contribution in [0, 0.1) is 6.92 Å². The first kappa shape index (κ1) is 24.9. The number of benzene rings is 5. The standard InChI is InChI=1S/C41H33N/c1-28-16-21-31(22-17-28)41(32-23-18-29(2)19-24-32)36-14-8-7-13-34(36)40-35-25-20-30-10-6-9-15-38(30)42(33-11-4-3-5-12-33)39(35)27-26-37(40)41/h3-18,20-23,25-27H,19,24H2,1-2H3. The average Bonchev–Trinajstić information content (AvgIpc) is 3.22. The summed E-state index contributed by atoms with van der Waals surface area (Å²) in [5, 5.41) is 0. The van der Waals surface area contributed by atoms with Crippen LogP contribution in [0.5, 0.6) is 0 Å². The monoisotopic (exact) mass is 539 g/mol. The van der Waals surface area contributed by atoms with Gasteiger partial charge >= 0.3 is 0 Å². The fraction of sp³-hybridized carbons (Fsp3) is 0.122. The number of allylic oxidation sites excluding steroid dienone is 4. The van der Waals surface area contributed by atoms with Crippen molar-refractivity contribution in [1.82, 2.24) is 0 Å². The molecule has 5 aromatic rings. The van der Waals surface area contributed by atoms with Gasteiger partial charge in [-0.05, 0) is 84.3 Å². The van der Waals surface area contributed by atoms with Crippen LogP contribution in [0.15, 0.2) is 139 Å². The summed E-state index contributed by atoms with van der Waals surface area (Å²) >= 11 is 0. The van der Waals surface area contributed by atoms with Crippen LogP contribution in [0.1, 0.15) is 53.1 Å². The molecule has 1 atom stereocenters. The van der Waals surface area contributed by atoms with E-state index in [2.05, 4.69) is 158 Å². The number of fused-ring (bicyclic) bond motifs is 6. The predicted molar refractivity (Wildman–Crippen MR) is 178 cm³/mol. The number of nitrogens with zero attached hydrogens (tertiary/aromatic N) is 1. The van der Waals surface area contributed by atoms with E-state index in [1.54, 1.807) is 0 Å². The van der Waals surface area contributed by atoms with Crippen molar-refractivity contribution in [2.75, 3.05) is 4.90 Å². The summed E-state index contributed by atoms with van der Waals surface area (Å²) in [7, 11) is 0. The van der Waals surface area contributed by atoms with Crippen LogP contribution in [-0.2, 0) is 5.41 Å². The van der Waals surface area contributed by atoms with E-state index in [-0.39, 0.29) is 5.41 Å². The molecule has 0 bridgehead atoms. The van der Waals surface area contributed by atoms with E-state index >= 15 is 0 Å². The van der Waals surface area contributed by atoms with Crippen LogP contribution in [-0.4, -0.2) is 0 Å². The molecule has 5 aromatic carbocycles. The highest BCUT2D eigenvalue weighted by Gasteiger charge is 2.48. The summed E-state index contributed by atoms with van der Waals surface area (Å²) in [5.74, 6) is 0. The van der Waals surface area contributed by atoms with Gasteiger partial charge in [0, 0.05) is 11.3 Å². The van der Waals surface area contributed by atoms with E-state index in [4.69, 9.17) is 0 Å². The first-order chi connectivity index (χ1) is 20.7. The van der Waals surface area contributed by atoms with Crippen molar-refractivity contribution >= 4 is 29.2 Å². The smallest absolute Gasteiger partial charge is 0.0676 e. The highest BCUT2D eigenvalue weighted by Crippen LogP contribution is 2.60. The van der Waals surface area contributed by atoms with Gasteiger partial charge in [0.25, 0.3) is 0 Å². The lowest BCUT2D eigenvalue weighted by molar-refractivity contribution is 0.684. The molecule has 1 unspecified atom stereocenters. The van der Waals surface area contributed by atoms with E-state index in [0.29, 0.717) is 0 Å². The van der Waals surface area contributed by atoms with Gasteiger partial charge in [0.15, 0.2) is 0 Å². The molecule has 0 N–H and O–H groups in total. The third-order valence-corrected chi connectivity index (χ3v) is 9.41. The fourth-order valence-corrected chi connectivity index (χ4v) is 7.44. The summed E-state index contributed by atoms with van der Waals surface area (Å²) in [6.45, 7) is 4.43. The van der Waals surface area contributed by atoms with Gasteiger partial charge in [-0.15, -0.1) is 0 Å². The molecule has 2 aliphatic carbocycles. The lowest BCUT2D eigenvalue weighted by atomic mass is 9.65. The van der Waals surface area contributed by atoms with Crippen molar-refractivity contribution < 1.29 is 0 Å². The van der Waals surface area contributed by atoms with E-state index in [9.17, 15) is 0 Å². The second-order valence-corrected chi connectivity index (χ2v) is 11.9. The van der Waals surface area contributed by atoms with Gasteiger partial charge in [-0.25, -0.2) is 0 Å². The number of anilines is 3. The fourth-order valence-electron chi connectivity index (χ4n) is 7.44. The molecule has 0 saturated carbocycles. The summed E-state index contributed by atoms with van der Waals surface area (Å²) in [4.78, 5) is 2.44. The van der Waals surface area contributed by atoms with Crippen LogP contribution < -0.4 is 4.90 Å². The molecule has 202 valence electrons. The van der Waals surface area contributed by atoms with E-state index in [1.165, 1.54) is 72.7 Å². The zero-order valence-corrected chi connectivity index (χ0v) is 24.1. The van der Waals surface area contributed by atoms with Crippen LogP contribution >= 0.6 is 0 Å². The zero-order valence-electron chi connectivity index (χ0n) is 24.1. The number of hydrogen-bond acceptors (Lipinski definition) is 1. The second-order valence-electron chi connectivity index (χ2n) is 11.9. The summed E-state index contributed by atoms with van der Waals surface area (Å²) < 4.78 is 0. The molecular weight excluding hydrogens is 506 g/mol. The van der Waals surface area contributed by atoms with Gasteiger partial charge in [-0.2, -0.15) is 0 Å². The molecule has 3 aliphatic rings. The van der Waals surface area contributed by atoms with Crippen molar-refractivity contribution in [2.45, 2.75) is 32.1 Å². The number of aryl methyl sites for hydroxylation is 1. The van der Waals surface area contributed by atoms with Crippen LogP contribution in [0.3, 0.4) is 0 Å². The first-order valence-electron chi connectivity index (χ1n) is 15.0. The minimum atomic E-state index is -0.337. The molecule has 0 aromatic heterocycles. The summed E-state index contributed by atoms with van der Waals surface area (Å²) in [6.07, 6.45) is 11.6. The predicted octanol–water partition coefficient (Wildman–Crippen LogP) is 10.9. The third-order valence-electron chi connectivity index (χ3n) is 9.41. The van der Waals surface area contributed by atoms with Gasteiger partial charge in [-0.1, -0.05) is 132 Å². The van der Waals surface area contributed by atoms with Gasteiger partial charge in [0.1, 0.15) is 0 Å². The van der Waals surface area contributed by atoms with Crippen molar-refractivity contribution in [1.29, 1.82) is 0 Å². The first-order valence-corrected chi connectivity index (χ1v) is 15.0. The maximum absolute atomic E-state index is 2.44. The lowest BCUT2D eigenvalue weighted by Crippen LogP contribution is -2.30. The summed E-state index contributed by atoms with van der Waals surface area (Å²) in [6, 6.07) is 42.7. The molecule has 1 heteroatoms. The summed E-state index contributed by atoms with van der Waals surface area (Å²) in [5.41, 5.74) is 16.7. The Morgan fingerprint density at radius 2 is 1.36 bits per heavy atom. The Labute approximate surface area is 248 Å². The SMILES string of the molecule is CC1=CC=C(C2(c3ccc(C)cc3)c3ccccc3-c3c2ccc2c3C=Cc3ccccc3N2c2ccccc2)CC1. The normalized spacial score (nSPS) is 18.3. The molecule has 1 aliphatic heterocycles. The van der Waals surface area contributed by atoms with E-state index in [0.717, 1.165) is 12.8 Å². The minimum absolute atomic E-state index is 0.337. The Kier molecular flexibility index (Phi) is 5.69. The molecule has 0 spiro atoms. The largest absolute Gasteiger partial charge is 0.309 e. The third kappa shape index (κ3) is 3.56. The van der Waals surface area contributed by atoms with Crippen molar-refractivity contribution in [3.8, 4) is 11.1 Å². The van der Waals surface area contributed by atoms with E-state index in [1.807, 2.05) is 0 Å². The number of para-hydroxylation sites is 2. The van der Waals surface area contributed by atoms with E-state index < -0.39 is 0 Å². The van der Waals surface area contributed by atoms with Gasteiger partial charge in [0.2, 0.25) is 0 Å². The molecule has 1 heterocycles. The Hall–Kier alpha value is -4.88. The Balaban J connectivity index is 1.48. The maximum Gasteiger partial charge on any atom is 0.0676 e. The van der Waals surface area contributed by atoms with Crippen molar-refractivity contribution in [3.05, 3.63) is 172 Å². The Bertz CT molecular complexity index is 1940. The Morgan fingerprint density at radius 1 is 0.595 bits per heavy atom. The highest BCUT2D eigenvalue weighted by molar-refractivity contribution is 6.02. The van der Waals surface area contributed by atoms with Crippen molar-refractivity contribution in [2.24, 2.45) is 0 Å². The molecule has 0 saturated heterocycles. The molecule has 8 rings (SSSR count). The van der Waals surface area contributed by atoms with Gasteiger partial charge < -0.3 is 4.90 Å². The van der Waals surface area contributed by atoms with Crippen LogP contribution in [0.2, 0.25) is 0 Å². The maximum atomic E-state index is 2.44. The van der Waals surface area contributed by atoms with Crippen molar-refractivity contribution in [3.63, 3.8) is 0 Å². The van der Waals surface area contributed by atoms with Crippen LogP contribution in [0.25, 0.3) is 23.3 Å². The molecule has 0 radical (unpaired) electrons. The highest BCUT2D eigenvalue weighted by atomic mass is 15.1. The molecule has 1 nitrogen and oxygen atoms in total. The van der Waals surface area contributed by atoms with Gasteiger partial charge in [-0.3, -0.25) is 0 Å². The number of rotatable bonds is 3. The van der Waals surface area contributed by atoms with Gasteiger partial charge in [0.05, 0.1) is 16.8 Å². The molecule has 0 amide bonds. The molecule has 42 heavy (non-hydrogen) atoms. The Morgan fingerprint density at radius 3 is 2.17 bits per heavy atom. The molecular formula is C41H33N. The zero-order chi connectivity index (χ0) is 28.3. The van der Waals surface area contributed by atoms with Crippen LogP contribution in [0.4, 0.5) is 17.1 Å². The minimum Gasteiger partial charge on any atom is -0.309 e. The number of hydrogen-bond donors (Lipinski definition) is 0. The second kappa shape index (κ2) is 9.60. The topological polar surface area (TPSA) is 3.24 Å². The quantitative estimate of drug-likeness (QED) is 0.216. The molecule has 0 fully saturated rings.